The predicted octanol–water partition coefficient (Wildman–Crippen LogP) is 1.37. The third-order valence-corrected chi connectivity index (χ3v) is 3.43. The van der Waals surface area contributed by atoms with E-state index in [2.05, 4.69) is 10.6 Å². The minimum Gasteiger partial charge on any atom is -0.454 e. The summed E-state index contributed by atoms with van der Waals surface area (Å²) >= 11 is 0. The molecule has 9 heteroatoms. The van der Waals surface area contributed by atoms with Crippen LogP contribution in [0.25, 0.3) is 6.08 Å². The summed E-state index contributed by atoms with van der Waals surface area (Å²) in [5.74, 6) is -0.170. The molecule has 1 atom stereocenters. The quantitative estimate of drug-likeness (QED) is 0.436. The van der Waals surface area contributed by atoms with Crippen LogP contribution < -0.4 is 20.1 Å². The Morgan fingerprint density at radius 1 is 1.36 bits per heavy atom. The molecule has 0 bridgehead atoms. The zero-order valence-corrected chi connectivity index (χ0v) is 13.9. The van der Waals surface area contributed by atoms with Gasteiger partial charge in [0.2, 0.25) is 18.6 Å². The van der Waals surface area contributed by atoms with Crippen molar-refractivity contribution in [2.24, 2.45) is 0 Å². The van der Waals surface area contributed by atoms with Gasteiger partial charge < -0.3 is 20.1 Å². The van der Waals surface area contributed by atoms with E-state index in [0.717, 1.165) is 12.5 Å². The molecule has 2 rings (SSSR count). The Kier molecular flexibility index (Phi) is 5.93. The fourth-order valence-corrected chi connectivity index (χ4v) is 2.13. The molecule has 25 heavy (non-hydrogen) atoms. The summed E-state index contributed by atoms with van der Waals surface area (Å²) in [6.07, 6.45) is 3.22. The minimum atomic E-state index is -0.713. The second-order valence-electron chi connectivity index (χ2n) is 5.38. The number of carbonyl (C=O) groups excluding carboxylic acids is 2. The van der Waals surface area contributed by atoms with Crippen LogP contribution in [0.15, 0.2) is 18.2 Å². The largest absolute Gasteiger partial charge is 0.454 e. The molecule has 1 aromatic carbocycles. The van der Waals surface area contributed by atoms with E-state index in [9.17, 15) is 19.7 Å². The Balaban J connectivity index is 2.07. The van der Waals surface area contributed by atoms with Gasteiger partial charge in [-0.15, -0.1) is 0 Å². The van der Waals surface area contributed by atoms with Crippen LogP contribution in [-0.2, 0) is 9.59 Å². The predicted molar refractivity (Wildman–Crippen MR) is 89.2 cm³/mol. The monoisotopic (exact) mass is 349 g/mol. The number of rotatable bonds is 7. The number of amides is 2. The van der Waals surface area contributed by atoms with E-state index in [1.54, 1.807) is 6.92 Å². The highest BCUT2D eigenvalue weighted by atomic mass is 16.7. The van der Waals surface area contributed by atoms with Crippen LogP contribution >= 0.6 is 0 Å². The number of fused-ring (bicyclic) bond motifs is 1. The summed E-state index contributed by atoms with van der Waals surface area (Å²) in [6.45, 7) is 3.99. The van der Waals surface area contributed by atoms with E-state index < -0.39 is 16.9 Å². The van der Waals surface area contributed by atoms with E-state index in [1.807, 2.05) is 6.92 Å². The first-order valence-electron chi connectivity index (χ1n) is 7.76. The topological polar surface area (TPSA) is 120 Å². The molecule has 0 saturated heterocycles. The van der Waals surface area contributed by atoms with E-state index >= 15 is 0 Å². The van der Waals surface area contributed by atoms with Gasteiger partial charge in [-0.1, -0.05) is 6.92 Å². The molecule has 134 valence electrons. The maximum atomic E-state index is 11.9. The number of carbonyl (C=O) groups is 2. The van der Waals surface area contributed by atoms with Gasteiger partial charge in [-0.2, -0.15) is 0 Å². The van der Waals surface area contributed by atoms with Gasteiger partial charge in [-0.3, -0.25) is 19.7 Å². The molecule has 1 aliphatic rings. The molecule has 2 N–H and O–H groups in total. The highest BCUT2D eigenvalue weighted by Gasteiger charge is 2.22. The van der Waals surface area contributed by atoms with Gasteiger partial charge >= 0.3 is 0 Å². The van der Waals surface area contributed by atoms with Crippen molar-refractivity contribution in [2.45, 2.75) is 26.3 Å². The number of nitrogens with one attached hydrogen (secondary N) is 2. The fraction of sp³-hybridized carbons (Fsp3) is 0.375. The molecular weight excluding hydrogens is 330 g/mol. The Morgan fingerprint density at radius 3 is 2.68 bits per heavy atom. The van der Waals surface area contributed by atoms with Gasteiger partial charge in [0, 0.05) is 12.6 Å². The van der Waals surface area contributed by atoms with Crippen LogP contribution in [0, 0.1) is 10.1 Å². The van der Waals surface area contributed by atoms with Crippen molar-refractivity contribution in [2.75, 3.05) is 13.3 Å². The molecule has 1 aliphatic heterocycles. The Bertz CT molecular complexity index is 716. The number of hydrogen-bond acceptors (Lipinski definition) is 6. The van der Waals surface area contributed by atoms with Gasteiger partial charge in [0.05, 0.1) is 16.6 Å². The number of nitrogens with zero attached hydrogens (tertiary/aromatic N) is 1. The second kappa shape index (κ2) is 8.13. The standard InChI is InChI=1S/C16H19N3O6/c1-3-6-17-16(21)10(2)18-15(20)5-4-11-7-13-14(25-9-24-13)8-12(11)19(22)23/h4-5,7-8,10H,3,6,9H2,1-2H3,(H,17,21)(H,18,20)/b5-4+/t10-/m0/s1. The summed E-state index contributed by atoms with van der Waals surface area (Å²) in [4.78, 5) is 34.2. The molecule has 0 fully saturated rings. The lowest BCUT2D eigenvalue weighted by molar-refractivity contribution is -0.385. The summed E-state index contributed by atoms with van der Waals surface area (Å²) in [6, 6.07) is 1.97. The first kappa shape index (κ1) is 18.2. The van der Waals surface area contributed by atoms with Gasteiger partial charge in [0.15, 0.2) is 11.5 Å². The van der Waals surface area contributed by atoms with Crippen LogP contribution in [0.2, 0.25) is 0 Å². The van der Waals surface area contributed by atoms with E-state index in [1.165, 1.54) is 18.2 Å². The third kappa shape index (κ3) is 4.69. The van der Waals surface area contributed by atoms with Crippen molar-refractivity contribution in [3.05, 3.63) is 33.9 Å². The number of nitro groups is 1. The van der Waals surface area contributed by atoms with E-state index in [4.69, 9.17) is 9.47 Å². The zero-order chi connectivity index (χ0) is 18.4. The number of hydrogen-bond donors (Lipinski definition) is 2. The Morgan fingerprint density at radius 2 is 2.04 bits per heavy atom. The third-order valence-electron chi connectivity index (χ3n) is 3.43. The lowest BCUT2D eigenvalue weighted by atomic mass is 10.1. The molecule has 0 unspecified atom stereocenters. The Labute approximate surface area is 144 Å². The molecule has 1 aromatic rings. The van der Waals surface area contributed by atoms with E-state index in [-0.39, 0.29) is 29.7 Å². The molecule has 0 radical (unpaired) electrons. The maximum absolute atomic E-state index is 11.9. The minimum absolute atomic E-state index is 0.00940. The first-order chi connectivity index (χ1) is 11.9. The molecule has 1 heterocycles. The number of nitro benzene ring substituents is 1. The highest BCUT2D eigenvalue weighted by molar-refractivity contribution is 5.95. The van der Waals surface area contributed by atoms with Crippen LogP contribution in [0.1, 0.15) is 25.8 Å². The van der Waals surface area contributed by atoms with Crippen molar-refractivity contribution in [1.82, 2.24) is 10.6 Å². The summed E-state index contributed by atoms with van der Waals surface area (Å²) in [5, 5.41) is 16.3. The van der Waals surface area contributed by atoms with Crippen molar-refractivity contribution >= 4 is 23.6 Å². The van der Waals surface area contributed by atoms with Gasteiger partial charge in [0.25, 0.3) is 5.69 Å². The smallest absolute Gasteiger partial charge is 0.280 e. The fourth-order valence-electron chi connectivity index (χ4n) is 2.13. The van der Waals surface area contributed by atoms with Crippen LogP contribution in [0.5, 0.6) is 11.5 Å². The average Bonchev–Trinajstić information content (AvgIpc) is 3.04. The van der Waals surface area contributed by atoms with Crippen LogP contribution in [0.3, 0.4) is 0 Å². The highest BCUT2D eigenvalue weighted by Crippen LogP contribution is 2.38. The lowest BCUT2D eigenvalue weighted by Crippen LogP contribution is -2.44. The molecule has 0 saturated carbocycles. The van der Waals surface area contributed by atoms with E-state index in [0.29, 0.717) is 12.3 Å². The molecule has 0 aliphatic carbocycles. The van der Waals surface area contributed by atoms with Crippen molar-refractivity contribution < 1.29 is 24.0 Å². The summed E-state index contributed by atoms with van der Waals surface area (Å²) in [5.41, 5.74) is -0.00507. The van der Waals surface area contributed by atoms with Gasteiger partial charge in [0.1, 0.15) is 6.04 Å². The van der Waals surface area contributed by atoms with Crippen molar-refractivity contribution in [3.8, 4) is 11.5 Å². The lowest BCUT2D eigenvalue weighted by Gasteiger charge is -2.12. The van der Waals surface area contributed by atoms with Crippen LogP contribution in [0.4, 0.5) is 5.69 Å². The second-order valence-corrected chi connectivity index (χ2v) is 5.38. The zero-order valence-electron chi connectivity index (χ0n) is 13.9. The number of benzene rings is 1. The molecule has 9 nitrogen and oxygen atoms in total. The Hall–Kier alpha value is -3.10. The normalized spacial score (nSPS) is 13.5. The summed E-state index contributed by atoms with van der Waals surface area (Å²) < 4.78 is 10.3. The number of ether oxygens (including phenoxy) is 2. The van der Waals surface area contributed by atoms with Crippen molar-refractivity contribution in [3.63, 3.8) is 0 Å². The van der Waals surface area contributed by atoms with Crippen LogP contribution in [-0.4, -0.2) is 36.1 Å². The SMILES string of the molecule is CCCNC(=O)[C@H](C)NC(=O)/C=C/c1cc2c(cc1[N+](=O)[O-])OCO2. The average molecular weight is 349 g/mol. The first-order valence-corrected chi connectivity index (χ1v) is 7.76. The molecule has 0 spiro atoms. The van der Waals surface area contributed by atoms with Gasteiger partial charge in [-0.05, 0) is 25.5 Å². The molecule has 2 amide bonds. The van der Waals surface area contributed by atoms with Gasteiger partial charge in [-0.25, -0.2) is 0 Å². The molecule has 0 aromatic heterocycles. The maximum Gasteiger partial charge on any atom is 0.280 e. The molecular formula is C16H19N3O6. The van der Waals surface area contributed by atoms with Crippen molar-refractivity contribution in [1.29, 1.82) is 0 Å². The summed E-state index contributed by atoms with van der Waals surface area (Å²) in [7, 11) is 0.